The van der Waals surface area contributed by atoms with E-state index in [1.165, 1.54) is 185 Å². The lowest BCUT2D eigenvalue weighted by Crippen LogP contribution is -1.97. The topological polar surface area (TPSA) is 103 Å². The largest absolute Gasteiger partial charge is 0.244 e. The van der Waals surface area contributed by atoms with Crippen LogP contribution in [0.1, 0.15) is 0 Å². The minimum Gasteiger partial charge on any atom is -0.244 e. The molecular formula is C130H70N8S8. The van der Waals surface area contributed by atoms with Gasteiger partial charge in [0.15, 0.2) is 11.6 Å². The molecule has 0 N–H and O–H groups in total. The average Bonchev–Trinajstić information content (AvgIpc) is 1.52. The SMILES string of the molecule is c1ccc(-c2cccc(-c3nc4ccccc4nc3-c3cc4sc5cccc6c5c4c4c(cccc34)S6)c2)cc1.c1ccc(-c2nc(-c3cc4sc5cccc6c5c4c4c(cccc34)S6)nc3ccccc23)cc1.c1ccc(-c2nc3ccccc3nc2-c2cc3c4c(c2)sc2ccc5cccc(c5c24)S3)cc1.c1ccc2cc(-c3nc(-c4ccc5c6c4sc4ccc7cccc(c7c46)S5)nc4ccccc34)ccc2c1. The molecule has 4 aliphatic rings. The second-order valence-corrected chi connectivity index (χ2v) is 45.8. The second-order valence-electron chi connectivity index (χ2n) is 37.2. The third-order valence-electron chi connectivity index (χ3n) is 28.7. The van der Waals surface area contributed by atoms with Gasteiger partial charge in [-0.25, -0.2) is 39.9 Å². The molecule has 0 spiro atoms. The van der Waals surface area contributed by atoms with Gasteiger partial charge in [-0.2, -0.15) is 0 Å². The van der Waals surface area contributed by atoms with Gasteiger partial charge in [0.25, 0.3) is 0 Å². The molecular weight excluding hydrogens is 1930 g/mol. The quantitative estimate of drug-likeness (QED) is 0.137. The molecule has 22 aromatic carbocycles. The molecule has 0 amide bonds. The third-order valence-corrected chi connectivity index (χ3v) is 37.7. The van der Waals surface area contributed by atoms with Gasteiger partial charge in [0.2, 0.25) is 0 Å². The highest BCUT2D eigenvalue weighted by atomic mass is 32.2. The van der Waals surface area contributed by atoms with Crippen molar-refractivity contribution in [2.75, 3.05) is 0 Å². The molecule has 4 aliphatic heterocycles. The number of rotatable bonds is 9. The van der Waals surface area contributed by atoms with Crippen LogP contribution in [0.4, 0.5) is 0 Å². The molecule has 34 rings (SSSR count). The first-order chi connectivity index (χ1) is 72.3. The van der Waals surface area contributed by atoms with Crippen molar-refractivity contribution < 1.29 is 0 Å². The van der Waals surface area contributed by atoms with Gasteiger partial charge in [0.05, 0.1) is 67.3 Å². The standard InChI is InChI=1S/C36H20N2S2.C34H18N2S2.2C30H16N2S2/c1-2-9-21(10-3-1)22-11-6-12-23(19-22)35-36(38-27-15-5-4-14-26(27)37-35)25-20-31-34-32-24(25)13-7-16-28(32)39-29-17-8-18-30(40-31)33(29)34;1-2-7-21-18-22(13-12-19(21)6-1)32-23-9-3-4-10-25(23)35-34(36-32)24-15-17-28-31-30-27(38-33(24)31)16-14-20-8-5-11-26(37-28)29(20)30;1-2-8-17(9-3-1)29-19-10-4-5-12-21(19)31-30(32-29)20-16-25-28-26-18(20)11-6-13-22(26)33-23-14-7-15-24(34-25)27(23)28;1-2-7-18(8-3-1)29-30(32-21-11-5-4-10-20(21)31-29)19-15-24-27-25(16-19)34-23-14-13-17-9-6-12-22(33-24)26(17)28(23)27/h1-20H;1-18H;2*1-16H. The van der Waals surface area contributed by atoms with E-state index in [1.54, 1.807) is 0 Å². The molecule has 0 aliphatic carbocycles. The molecule has 8 nitrogen and oxygen atoms in total. The zero-order chi connectivity index (χ0) is 95.5. The Morgan fingerprint density at radius 3 is 1.11 bits per heavy atom. The van der Waals surface area contributed by atoms with Crippen LogP contribution in [-0.2, 0) is 0 Å². The molecule has 0 saturated carbocycles. The Hall–Kier alpha value is -16.2. The number of nitrogens with zero attached hydrogens (tertiary/aromatic N) is 8. The first kappa shape index (κ1) is 84.3. The van der Waals surface area contributed by atoms with Crippen LogP contribution in [0.25, 0.3) is 280 Å². The van der Waals surface area contributed by atoms with Gasteiger partial charge in [-0.15, -0.1) is 45.3 Å². The Bertz CT molecular complexity index is 10900. The monoisotopic (exact) mass is 2000 g/mol. The van der Waals surface area contributed by atoms with E-state index in [-0.39, 0.29) is 0 Å². The molecule has 30 aromatic rings. The molecule has 0 fully saturated rings. The Morgan fingerprint density at radius 1 is 0.144 bits per heavy atom. The fourth-order valence-corrected chi connectivity index (χ4v) is 32.0. The van der Waals surface area contributed by atoms with Gasteiger partial charge in [-0.05, 0) is 189 Å². The predicted molar refractivity (Wildman–Crippen MR) is 623 cm³/mol. The van der Waals surface area contributed by atoms with Crippen LogP contribution in [0.5, 0.6) is 0 Å². The number of fused-ring (bicyclic) bond motifs is 5. The summed E-state index contributed by atoms with van der Waals surface area (Å²) in [5, 5.41) is 26.2. The average molecular weight is 2000 g/mol. The van der Waals surface area contributed by atoms with E-state index < -0.39 is 0 Å². The summed E-state index contributed by atoms with van der Waals surface area (Å²) >= 11 is 15.0. The van der Waals surface area contributed by atoms with Gasteiger partial charge in [0.1, 0.15) is 0 Å². The maximum atomic E-state index is 5.32. The number of para-hydroxylation sites is 6. The van der Waals surface area contributed by atoms with Crippen molar-refractivity contribution in [3.8, 4) is 101 Å². The van der Waals surface area contributed by atoms with Crippen LogP contribution < -0.4 is 0 Å². The molecule has 0 unspecified atom stereocenters. The lowest BCUT2D eigenvalue weighted by molar-refractivity contribution is 1.23. The zero-order valence-corrected chi connectivity index (χ0v) is 83.8. The van der Waals surface area contributed by atoms with E-state index in [1.807, 2.05) is 141 Å². The normalized spacial score (nSPS) is 12.5. The Morgan fingerprint density at radius 2 is 0.514 bits per heavy atom. The van der Waals surface area contributed by atoms with Gasteiger partial charge >= 0.3 is 0 Å². The summed E-state index contributed by atoms with van der Waals surface area (Å²) in [6.07, 6.45) is 0. The lowest BCUT2D eigenvalue weighted by Gasteiger charge is -2.18. The second kappa shape index (κ2) is 33.7. The van der Waals surface area contributed by atoms with Gasteiger partial charge in [-0.1, -0.05) is 326 Å². The summed E-state index contributed by atoms with van der Waals surface area (Å²) in [6.45, 7) is 0. The van der Waals surface area contributed by atoms with Crippen LogP contribution in [0.15, 0.2) is 464 Å². The Balaban J connectivity index is 0.0000000886. The first-order valence-electron chi connectivity index (χ1n) is 48.5. The summed E-state index contributed by atoms with van der Waals surface area (Å²) in [5.74, 6) is 1.56. The Labute approximate surface area is 868 Å². The summed E-state index contributed by atoms with van der Waals surface area (Å²) in [6, 6.07) is 151. The van der Waals surface area contributed by atoms with Gasteiger partial charge in [0, 0.05) is 197 Å². The van der Waals surface area contributed by atoms with E-state index in [4.69, 9.17) is 39.9 Å². The highest BCUT2D eigenvalue weighted by molar-refractivity contribution is 8.00. The molecule has 0 saturated heterocycles. The zero-order valence-electron chi connectivity index (χ0n) is 77.3. The van der Waals surface area contributed by atoms with Crippen molar-refractivity contribution in [2.24, 2.45) is 0 Å². The van der Waals surface area contributed by atoms with Crippen molar-refractivity contribution in [2.45, 2.75) is 39.2 Å². The van der Waals surface area contributed by atoms with Crippen LogP contribution in [0, 0.1) is 0 Å². The van der Waals surface area contributed by atoms with Crippen molar-refractivity contribution in [1.82, 2.24) is 39.9 Å². The minimum atomic E-state index is 0.782. The summed E-state index contributed by atoms with van der Waals surface area (Å²) in [7, 11) is 0. The summed E-state index contributed by atoms with van der Waals surface area (Å²) in [5.41, 5.74) is 22.4. The molecule has 0 radical (unpaired) electrons. The van der Waals surface area contributed by atoms with Crippen molar-refractivity contribution in [3.63, 3.8) is 0 Å². The number of hydrogen-bond donors (Lipinski definition) is 0. The maximum absolute atomic E-state index is 5.32. The number of hydrogen-bond acceptors (Lipinski definition) is 16. The van der Waals surface area contributed by atoms with E-state index in [0.29, 0.717) is 0 Å². The molecule has 0 atom stereocenters. The molecule has 8 aromatic heterocycles. The molecule has 0 bridgehead atoms. The number of benzene rings is 22. The van der Waals surface area contributed by atoms with Crippen molar-refractivity contribution in [1.29, 1.82) is 0 Å². The molecule has 12 heterocycles. The van der Waals surface area contributed by atoms with Gasteiger partial charge < -0.3 is 0 Å². The molecule has 16 heteroatoms. The van der Waals surface area contributed by atoms with Crippen LogP contribution in [0.2, 0.25) is 0 Å². The predicted octanol–water partition coefficient (Wildman–Crippen LogP) is 38.6. The van der Waals surface area contributed by atoms with Gasteiger partial charge in [-0.3, -0.25) is 0 Å². The number of thiophene rings is 4. The summed E-state index contributed by atoms with van der Waals surface area (Å²) in [4.78, 5) is 52.0. The van der Waals surface area contributed by atoms with Crippen molar-refractivity contribution in [3.05, 3.63) is 425 Å². The fraction of sp³-hybridized carbons (Fsp3) is 0. The van der Waals surface area contributed by atoms with Crippen molar-refractivity contribution >= 4 is 271 Å². The molecule has 678 valence electrons. The van der Waals surface area contributed by atoms with E-state index in [0.717, 1.165) is 134 Å². The van der Waals surface area contributed by atoms with Crippen LogP contribution >= 0.6 is 92.4 Å². The first-order valence-corrected chi connectivity index (χ1v) is 55.1. The highest BCUT2D eigenvalue weighted by Crippen LogP contribution is 2.59. The minimum absolute atomic E-state index is 0.782. The Kier molecular flexibility index (Phi) is 19.5. The third kappa shape index (κ3) is 13.6. The van der Waals surface area contributed by atoms with Crippen LogP contribution in [-0.4, -0.2) is 39.9 Å². The number of aromatic nitrogens is 8. The fourth-order valence-electron chi connectivity index (χ4n) is 22.3. The van der Waals surface area contributed by atoms with E-state index >= 15 is 0 Å². The highest BCUT2D eigenvalue weighted by Gasteiger charge is 2.32. The lowest BCUT2D eigenvalue weighted by atomic mass is 9.94. The van der Waals surface area contributed by atoms with E-state index in [2.05, 4.69) is 376 Å². The molecule has 146 heavy (non-hydrogen) atoms. The van der Waals surface area contributed by atoms with E-state index in [9.17, 15) is 0 Å². The maximum Gasteiger partial charge on any atom is 0.161 e. The van der Waals surface area contributed by atoms with Crippen LogP contribution in [0.3, 0.4) is 0 Å². The summed E-state index contributed by atoms with van der Waals surface area (Å²) < 4.78 is 10.5. The smallest absolute Gasteiger partial charge is 0.161 e.